The lowest BCUT2D eigenvalue weighted by molar-refractivity contribution is -0.122. The first kappa shape index (κ1) is 18.8. The Morgan fingerprint density at radius 3 is 2.81 bits per heavy atom. The van der Waals surface area contributed by atoms with Crippen LogP contribution in [0.4, 0.5) is 4.79 Å². The number of rotatable bonds is 6. The van der Waals surface area contributed by atoms with E-state index in [1.54, 1.807) is 13.2 Å². The maximum absolute atomic E-state index is 12.5. The summed E-state index contributed by atoms with van der Waals surface area (Å²) in [5.41, 5.74) is 2.71. The van der Waals surface area contributed by atoms with Crippen LogP contribution in [0.15, 0.2) is 41.4 Å². The molecule has 1 aromatic heterocycles. The molecule has 1 aliphatic heterocycles. The lowest BCUT2D eigenvalue weighted by Crippen LogP contribution is -2.29. The van der Waals surface area contributed by atoms with Crippen molar-refractivity contribution in [2.24, 2.45) is 0 Å². The third kappa shape index (κ3) is 3.87. The molecule has 0 spiro atoms. The Morgan fingerprint density at radius 2 is 2.08 bits per heavy atom. The second-order valence-electron chi connectivity index (χ2n) is 5.92. The maximum atomic E-state index is 12.5. The number of hydrogen-bond acceptors (Lipinski definition) is 4. The summed E-state index contributed by atoms with van der Waals surface area (Å²) in [7, 11) is 1.60. The van der Waals surface area contributed by atoms with Gasteiger partial charge >= 0.3 is 0 Å². The monoisotopic (exact) mass is 390 g/mol. The molecule has 2 aromatic rings. The predicted octanol–water partition coefficient (Wildman–Crippen LogP) is 4.51. The molecule has 1 aliphatic rings. The summed E-state index contributed by atoms with van der Waals surface area (Å²) < 4.78 is 6.92. The number of aromatic nitrogens is 1. The first-order valence-corrected chi connectivity index (χ1v) is 9.39. The summed E-state index contributed by atoms with van der Waals surface area (Å²) in [6.07, 6.45) is 4.27. The van der Waals surface area contributed by atoms with Crippen LogP contribution in [0.5, 0.6) is 0 Å². The van der Waals surface area contributed by atoms with E-state index in [0.29, 0.717) is 29.5 Å². The number of benzene rings is 1. The van der Waals surface area contributed by atoms with E-state index in [1.165, 1.54) is 4.90 Å². The number of amides is 2. The third-order valence-electron chi connectivity index (χ3n) is 4.10. The molecule has 136 valence electrons. The van der Waals surface area contributed by atoms with Gasteiger partial charge in [0.25, 0.3) is 11.1 Å². The van der Waals surface area contributed by atoms with Gasteiger partial charge in [-0.1, -0.05) is 17.7 Å². The fourth-order valence-corrected chi connectivity index (χ4v) is 3.70. The smallest absolute Gasteiger partial charge is 0.293 e. The molecule has 1 fully saturated rings. The summed E-state index contributed by atoms with van der Waals surface area (Å²) in [5.74, 6) is -0.259. The normalized spacial score (nSPS) is 16.1. The van der Waals surface area contributed by atoms with E-state index >= 15 is 0 Å². The van der Waals surface area contributed by atoms with E-state index in [4.69, 9.17) is 16.3 Å². The molecule has 0 aliphatic carbocycles. The zero-order chi connectivity index (χ0) is 18.7. The first-order valence-electron chi connectivity index (χ1n) is 8.19. The van der Waals surface area contributed by atoms with Gasteiger partial charge in [-0.25, -0.2) is 0 Å². The molecule has 1 saturated heterocycles. The van der Waals surface area contributed by atoms with Crippen LogP contribution in [0.25, 0.3) is 11.8 Å². The van der Waals surface area contributed by atoms with E-state index < -0.39 is 0 Å². The lowest BCUT2D eigenvalue weighted by atomic mass is 10.2. The van der Waals surface area contributed by atoms with Gasteiger partial charge in [-0.3, -0.25) is 14.5 Å². The minimum absolute atomic E-state index is 0.242. The highest BCUT2D eigenvalue weighted by atomic mass is 35.5. The number of imide groups is 1. The van der Waals surface area contributed by atoms with Crippen molar-refractivity contribution in [3.8, 4) is 5.69 Å². The van der Waals surface area contributed by atoms with Crippen molar-refractivity contribution in [2.45, 2.75) is 13.3 Å². The Morgan fingerprint density at radius 1 is 1.27 bits per heavy atom. The molecule has 0 unspecified atom stereocenters. The van der Waals surface area contributed by atoms with Gasteiger partial charge in [-0.2, -0.15) is 0 Å². The van der Waals surface area contributed by atoms with Crippen molar-refractivity contribution < 1.29 is 14.3 Å². The highest BCUT2D eigenvalue weighted by molar-refractivity contribution is 8.18. The van der Waals surface area contributed by atoms with Crippen molar-refractivity contribution in [1.82, 2.24) is 9.47 Å². The molecule has 3 rings (SSSR count). The van der Waals surface area contributed by atoms with Crippen LogP contribution >= 0.6 is 23.4 Å². The molecular formula is C19H19ClN2O3S. The second-order valence-corrected chi connectivity index (χ2v) is 7.32. The maximum Gasteiger partial charge on any atom is 0.293 e. The standard InChI is InChI=1S/C19H19ClN2O3S/c1-13-6-7-15(11-16(13)20)21-8-3-5-14(21)12-17-18(23)22(19(24)26-17)9-4-10-25-2/h3,5-8,11-12H,4,9-10H2,1-2H3/b17-12+. The number of carbonyl (C=O) groups excluding carboxylic acids is 2. The summed E-state index contributed by atoms with van der Waals surface area (Å²) in [5, 5.41) is 0.439. The number of carbonyl (C=O) groups is 2. The molecule has 0 N–H and O–H groups in total. The Kier molecular flexibility index (Phi) is 5.86. The number of methoxy groups -OCH3 is 1. The molecule has 0 bridgehead atoms. The molecular weight excluding hydrogens is 372 g/mol. The fraction of sp³-hybridized carbons (Fsp3) is 0.263. The van der Waals surface area contributed by atoms with E-state index in [9.17, 15) is 9.59 Å². The minimum atomic E-state index is -0.259. The minimum Gasteiger partial charge on any atom is -0.385 e. The van der Waals surface area contributed by atoms with E-state index in [1.807, 2.05) is 48.0 Å². The molecule has 5 nitrogen and oxygen atoms in total. The van der Waals surface area contributed by atoms with Crippen molar-refractivity contribution in [2.75, 3.05) is 20.3 Å². The summed E-state index contributed by atoms with van der Waals surface area (Å²) in [6, 6.07) is 9.58. The van der Waals surface area contributed by atoms with Gasteiger partial charge in [0.15, 0.2) is 0 Å². The quantitative estimate of drug-likeness (QED) is 0.537. The number of aryl methyl sites for hydroxylation is 1. The SMILES string of the molecule is COCCCN1C(=O)S/C(=C/c2cccn2-c2ccc(C)c(Cl)c2)C1=O. The van der Waals surface area contributed by atoms with Crippen LogP contribution in [-0.4, -0.2) is 40.9 Å². The topological polar surface area (TPSA) is 51.5 Å². The average Bonchev–Trinajstić information content (AvgIpc) is 3.17. The number of nitrogens with zero attached hydrogens (tertiary/aromatic N) is 2. The number of thioether (sulfide) groups is 1. The zero-order valence-electron chi connectivity index (χ0n) is 14.6. The zero-order valence-corrected chi connectivity index (χ0v) is 16.1. The largest absolute Gasteiger partial charge is 0.385 e. The van der Waals surface area contributed by atoms with E-state index in [0.717, 1.165) is 28.7 Å². The number of ether oxygens (including phenoxy) is 1. The summed E-state index contributed by atoms with van der Waals surface area (Å²) >= 11 is 7.19. The van der Waals surface area contributed by atoms with Crippen LogP contribution in [0.2, 0.25) is 5.02 Å². The summed E-state index contributed by atoms with van der Waals surface area (Å²) in [4.78, 5) is 26.3. The van der Waals surface area contributed by atoms with Gasteiger partial charge in [0.2, 0.25) is 0 Å². The predicted molar refractivity (Wildman–Crippen MR) is 105 cm³/mol. The number of hydrogen-bond donors (Lipinski definition) is 0. The van der Waals surface area contributed by atoms with Crippen molar-refractivity contribution >= 4 is 40.6 Å². The highest BCUT2D eigenvalue weighted by Crippen LogP contribution is 2.33. The van der Waals surface area contributed by atoms with Crippen LogP contribution < -0.4 is 0 Å². The third-order valence-corrected chi connectivity index (χ3v) is 5.41. The van der Waals surface area contributed by atoms with E-state index in [-0.39, 0.29) is 11.1 Å². The van der Waals surface area contributed by atoms with Gasteiger partial charge in [0.1, 0.15) is 0 Å². The van der Waals surface area contributed by atoms with Gasteiger partial charge in [0.05, 0.1) is 4.91 Å². The van der Waals surface area contributed by atoms with Gasteiger partial charge in [0, 0.05) is 42.9 Å². The van der Waals surface area contributed by atoms with Crippen molar-refractivity contribution in [3.63, 3.8) is 0 Å². The summed E-state index contributed by atoms with van der Waals surface area (Å²) in [6.45, 7) is 2.82. The van der Waals surface area contributed by atoms with Crippen molar-refractivity contribution in [1.29, 1.82) is 0 Å². The molecule has 0 saturated carbocycles. The Balaban J connectivity index is 1.85. The first-order chi connectivity index (χ1) is 12.5. The van der Waals surface area contributed by atoms with Crippen molar-refractivity contribution in [3.05, 3.63) is 57.7 Å². The molecule has 7 heteroatoms. The fourth-order valence-electron chi connectivity index (χ4n) is 2.67. The Bertz CT molecular complexity index is 875. The lowest BCUT2D eigenvalue weighted by Gasteiger charge is -2.11. The van der Waals surface area contributed by atoms with Crippen LogP contribution in [0.1, 0.15) is 17.7 Å². The molecule has 2 heterocycles. The van der Waals surface area contributed by atoms with Gasteiger partial charge in [-0.05, 0) is 61.0 Å². The molecule has 0 atom stereocenters. The van der Waals surface area contributed by atoms with Crippen LogP contribution in [-0.2, 0) is 9.53 Å². The molecule has 0 radical (unpaired) electrons. The average molecular weight is 391 g/mol. The highest BCUT2D eigenvalue weighted by Gasteiger charge is 2.34. The second kappa shape index (κ2) is 8.12. The molecule has 2 amide bonds. The Labute approximate surface area is 161 Å². The Hall–Kier alpha value is -2.02. The number of halogens is 1. The molecule has 1 aromatic carbocycles. The van der Waals surface area contributed by atoms with Gasteiger partial charge in [-0.15, -0.1) is 0 Å². The van der Waals surface area contributed by atoms with Crippen LogP contribution in [0.3, 0.4) is 0 Å². The molecule has 26 heavy (non-hydrogen) atoms. The van der Waals surface area contributed by atoms with Crippen LogP contribution in [0, 0.1) is 6.92 Å². The van der Waals surface area contributed by atoms with E-state index in [2.05, 4.69) is 0 Å². The van der Waals surface area contributed by atoms with Gasteiger partial charge < -0.3 is 9.30 Å².